The number of nitrogens with zero attached hydrogens (tertiary/aromatic N) is 1. The Morgan fingerprint density at radius 1 is 1.39 bits per heavy atom. The van der Waals surface area contributed by atoms with Gasteiger partial charge in [-0.25, -0.2) is 0 Å². The minimum Gasteiger partial charge on any atom is -0.326 e. The van der Waals surface area contributed by atoms with Crippen molar-refractivity contribution in [2.75, 3.05) is 22.6 Å². The molecule has 4 nitrogen and oxygen atoms in total. The van der Waals surface area contributed by atoms with E-state index in [0.717, 1.165) is 16.9 Å². The first kappa shape index (κ1) is 11.5. The Kier molecular flexibility index (Phi) is 2.74. The summed E-state index contributed by atoms with van der Waals surface area (Å²) in [7, 11) is 0. The van der Waals surface area contributed by atoms with E-state index in [2.05, 4.69) is 5.32 Å². The topological polar surface area (TPSA) is 49.4 Å². The maximum Gasteiger partial charge on any atom is 0.228 e. The summed E-state index contributed by atoms with van der Waals surface area (Å²) in [5, 5.41) is 2.78. The van der Waals surface area contributed by atoms with Gasteiger partial charge in [0.15, 0.2) is 0 Å². The van der Waals surface area contributed by atoms with Gasteiger partial charge in [0.1, 0.15) is 0 Å². The van der Waals surface area contributed by atoms with Gasteiger partial charge >= 0.3 is 0 Å². The molecule has 18 heavy (non-hydrogen) atoms. The third kappa shape index (κ3) is 1.86. The number of halogens is 1. The minimum atomic E-state index is 0.00790. The highest BCUT2D eigenvalue weighted by molar-refractivity contribution is 6.18. The highest BCUT2D eigenvalue weighted by atomic mass is 35.5. The van der Waals surface area contributed by atoms with E-state index in [0.29, 0.717) is 25.3 Å². The summed E-state index contributed by atoms with van der Waals surface area (Å²) < 4.78 is 0. The summed E-state index contributed by atoms with van der Waals surface area (Å²) in [6.45, 7) is 0.669. The van der Waals surface area contributed by atoms with E-state index in [1.54, 1.807) is 4.90 Å². The number of hydrogen-bond donors (Lipinski definition) is 1. The van der Waals surface area contributed by atoms with Gasteiger partial charge in [0, 0.05) is 30.2 Å². The Morgan fingerprint density at radius 2 is 2.22 bits per heavy atom. The molecule has 0 spiro atoms. The number of nitrogens with one attached hydrogen (secondary N) is 1. The Bertz CT molecular complexity index is 530. The Morgan fingerprint density at radius 3 is 2.94 bits per heavy atom. The van der Waals surface area contributed by atoms with Gasteiger partial charge in [-0.05, 0) is 29.7 Å². The van der Waals surface area contributed by atoms with E-state index in [1.165, 1.54) is 0 Å². The lowest BCUT2D eigenvalue weighted by molar-refractivity contribution is -0.117. The fourth-order valence-corrected chi connectivity index (χ4v) is 2.72. The van der Waals surface area contributed by atoms with E-state index in [-0.39, 0.29) is 17.7 Å². The van der Waals surface area contributed by atoms with E-state index < -0.39 is 0 Å². The summed E-state index contributed by atoms with van der Waals surface area (Å²) in [6.07, 6.45) is 0.905. The number of hydrogen-bond acceptors (Lipinski definition) is 2. The lowest BCUT2D eigenvalue weighted by Crippen LogP contribution is -2.24. The SMILES string of the molecule is O=C1Cc2cc(N3CC(CCl)CC3=O)ccc2N1. The number of alkyl halides is 1. The molecule has 2 heterocycles. The zero-order valence-electron chi connectivity index (χ0n) is 9.78. The predicted molar refractivity (Wildman–Crippen MR) is 70.0 cm³/mol. The van der Waals surface area contributed by atoms with Crippen molar-refractivity contribution in [3.63, 3.8) is 0 Å². The van der Waals surface area contributed by atoms with Crippen LogP contribution in [0.3, 0.4) is 0 Å². The number of rotatable bonds is 2. The Labute approximate surface area is 110 Å². The van der Waals surface area contributed by atoms with Crippen LogP contribution >= 0.6 is 11.6 Å². The molecule has 94 valence electrons. The monoisotopic (exact) mass is 264 g/mol. The van der Waals surface area contributed by atoms with Crippen molar-refractivity contribution in [2.24, 2.45) is 5.92 Å². The van der Waals surface area contributed by atoms with Crippen LogP contribution in [0.5, 0.6) is 0 Å². The molecule has 0 saturated carbocycles. The van der Waals surface area contributed by atoms with Crippen LogP contribution in [0.1, 0.15) is 12.0 Å². The highest BCUT2D eigenvalue weighted by Crippen LogP contribution is 2.31. The first-order valence-corrected chi connectivity index (χ1v) is 6.50. The van der Waals surface area contributed by atoms with Crippen molar-refractivity contribution in [1.29, 1.82) is 0 Å². The number of amides is 2. The molecule has 0 aromatic heterocycles. The molecule has 1 N–H and O–H groups in total. The smallest absolute Gasteiger partial charge is 0.228 e. The van der Waals surface area contributed by atoms with Crippen molar-refractivity contribution in [2.45, 2.75) is 12.8 Å². The molecule has 2 aliphatic heterocycles. The Balaban J connectivity index is 1.88. The summed E-state index contributed by atoms with van der Waals surface area (Å²) in [4.78, 5) is 24.9. The number of carbonyl (C=O) groups is 2. The maximum atomic E-state index is 11.9. The van der Waals surface area contributed by atoms with Crippen LogP contribution in [0.4, 0.5) is 11.4 Å². The summed E-state index contributed by atoms with van der Waals surface area (Å²) >= 11 is 5.81. The molecule has 2 amide bonds. The fourth-order valence-electron chi connectivity index (χ4n) is 2.52. The molecule has 1 saturated heterocycles. The molecule has 5 heteroatoms. The van der Waals surface area contributed by atoms with Crippen LogP contribution in [0.25, 0.3) is 0 Å². The normalized spacial score (nSPS) is 22.3. The van der Waals surface area contributed by atoms with Gasteiger partial charge in [-0.1, -0.05) is 0 Å². The van der Waals surface area contributed by atoms with E-state index >= 15 is 0 Å². The fraction of sp³-hybridized carbons (Fsp3) is 0.385. The second-order valence-corrected chi connectivity index (χ2v) is 5.10. The average Bonchev–Trinajstić information content (AvgIpc) is 2.89. The number of fused-ring (bicyclic) bond motifs is 1. The molecular weight excluding hydrogens is 252 g/mol. The van der Waals surface area contributed by atoms with Crippen molar-refractivity contribution in [3.8, 4) is 0 Å². The molecule has 0 radical (unpaired) electrons. The zero-order valence-corrected chi connectivity index (χ0v) is 10.5. The second-order valence-electron chi connectivity index (χ2n) is 4.80. The average molecular weight is 265 g/mol. The summed E-state index contributed by atoms with van der Waals surface area (Å²) in [5.41, 5.74) is 2.67. The summed E-state index contributed by atoms with van der Waals surface area (Å²) in [6, 6.07) is 5.65. The molecule has 1 fully saturated rings. The lowest BCUT2D eigenvalue weighted by atomic mass is 10.1. The van der Waals surface area contributed by atoms with Crippen LogP contribution in [-0.2, 0) is 16.0 Å². The standard InChI is InChI=1S/C13H13ClN2O2/c14-6-8-3-13(18)16(7-8)10-1-2-11-9(4-10)5-12(17)15-11/h1-2,4,8H,3,5-7H2,(H,15,17). The largest absolute Gasteiger partial charge is 0.326 e. The van der Waals surface area contributed by atoms with Crippen molar-refractivity contribution in [3.05, 3.63) is 23.8 Å². The van der Waals surface area contributed by atoms with Crippen molar-refractivity contribution >= 4 is 34.8 Å². The van der Waals surface area contributed by atoms with Crippen molar-refractivity contribution in [1.82, 2.24) is 0 Å². The zero-order chi connectivity index (χ0) is 12.7. The molecule has 1 aromatic rings. The van der Waals surface area contributed by atoms with E-state index in [4.69, 9.17) is 11.6 Å². The quantitative estimate of drug-likeness (QED) is 0.828. The van der Waals surface area contributed by atoms with Gasteiger partial charge < -0.3 is 10.2 Å². The first-order chi connectivity index (χ1) is 8.67. The van der Waals surface area contributed by atoms with E-state index in [9.17, 15) is 9.59 Å². The molecule has 1 aromatic carbocycles. The van der Waals surface area contributed by atoms with Gasteiger partial charge in [0.2, 0.25) is 11.8 Å². The van der Waals surface area contributed by atoms with E-state index in [1.807, 2.05) is 18.2 Å². The molecule has 2 aliphatic rings. The van der Waals surface area contributed by atoms with Crippen LogP contribution in [-0.4, -0.2) is 24.2 Å². The molecule has 1 atom stereocenters. The summed E-state index contributed by atoms with van der Waals surface area (Å²) in [5.74, 6) is 0.853. The highest BCUT2D eigenvalue weighted by Gasteiger charge is 2.30. The van der Waals surface area contributed by atoms with Crippen LogP contribution in [0, 0.1) is 5.92 Å². The van der Waals surface area contributed by atoms with Gasteiger partial charge in [0.05, 0.1) is 6.42 Å². The third-order valence-electron chi connectivity index (χ3n) is 3.45. The number of anilines is 2. The molecule has 0 aliphatic carbocycles. The van der Waals surface area contributed by atoms with Crippen LogP contribution in [0.15, 0.2) is 18.2 Å². The molecule has 3 rings (SSSR count). The maximum absolute atomic E-state index is 11.9. The third-order valence-corrected chi connectivity index (χ3v) is 3.89. The van der Waals surface area contributed by atoms with Gasteiger partial charge in [-0.3, -0.25) is 9.59 Å². The van der Waals surface area contributed by atoms with Gasteiger partial charge in [-0.15, -0.1) is 11.6 Å². The molecule has 0 bridgehead atoms. The first-order valence-electron chi connectivity index (χ1n) is 5.96. The Hall–Kier alpha value is -1.55. The second kappa shape index (κ2) is 4.28. The minimum absolute atomic E-state index is 0.00790. The predicted octanol–water partition coefficient (Wildman–Crippen LogP) is 1.77. The van der Waals surface area contributed by atoms with Gasteiger partial charge in [-0.2, -0.15) is 0 Å². The van der Waals surface area contributed by atoms with Gasteiger partial charge in [0.25, 0.3) is 0 Å². The van der Waals surface area contributed by atoms with Crippen LogP contribution < -0.4 is 10.2 Å². The molecular formula is C13H13ClN2O2. The molecule has 1 unspecified atom stereocenters. The number of carbonyl (C=O) groups excluding carboxylic acids is 2. The number of benzene rings is 1. The van der Waals surface area contributed by atoms with Crippen LogP contribution in [0.2, 0.25) is 0 Å². The lowest BCUT2D eigenvalue weighted by Gasteiger charge is -2.17. The van der Waals surface area contributed by atoms with Crippen molar-refractivity contribution < 1.29 is 9.59 Å².